The highest BCUT2D eigenvalue weighted by atomic mass is 16.5. The number of benzene rings is 1. The fraction of sp³-hybridized carbons (Fsp3) is 0.214. The van der Waals surface area contributed by atoms with E-state index in [1.165, 1.54) is 6.20 Å². The molecular weight excluding hydrogens is 258 g/mol. The van der Waals surface area contributed by atoms with Crippen LogP contribution < -0.4 is 5.73 Å². The fourth-order valence-electron chi connectivity index (χ4n) is 1.84. The zero-order valence-corrected chi connectivity index (χ0v) is 11.1. The third kappa shape index (κ3) is 3.03. The predicted octanol–water partition coefficient (Wildman–Crippen LogP) is 1.21. The van der Waals surface area contributed by atoms with Crippen molar-refractivity contribution < 1.29 is 14.3 Å². The minimum atomic E-state index is -0.488. The van der Waals surface area contributed by atoms with Crippen molar-refractivity contribution in [1.29, 1.82) is 0 Å². The van der Waals surface area contributed by atoms with E-state index in [2.05, 4.69) is 5.10 Å². The first-order valence-corrected chi connectivity index (χ1v) is 6.19. The highest BCUT2D eigenvalue weighted by Crippen LogP contribution is 2.10. The Labute approximate surface area is 116 Å². The molecule has 0 fully saturated rings. The van der Waals surface area contributed by atoms with Gasteiger partial charge in [-0.15, -0.1) is 0 Å². The SMILES string of the molecule is CCOC(=O)c1cnn(Cc2ccccc2C(N)=O)c1. The van der Waals surface area contributed by atoms with E-state index in [1.54, 1.807) is 36.0 Å². The number of nitrogens with two attached hydrogens (primary N) is 1. The van der Waals surface area contributed by atoms with Crippen molar-refractivity contribution >= 4 is 11.9 Å². The molecule has 0 radical (unpaired) electrons. The molecule has 2 aromatic rings. The van der Waals surface area contributed by atoms with Gasteiger partial charge in [0.2, 0.25) is 5.91 Å². The molecular formula is C14H15N3O3. The van der Waals surface area contributed by atoms with Crippen molar-refractivity contribution in [3.63, 3.8) is 0 Å². The maximum atomic E-state index is 11.5. The highest BCUT2D eigenvalue weighted by molar-refractivity contribution is 5.94. The molecule has 0 atom stereocenters. The molecule has 0 aliphatic heterocycles. The summed E-state index contributed by atoms with van der Waals surface area (Å²) in [5, 5.41) is 4.08. The van der Waals surface area contributed by atoms with E-state index in [0.29, 0.717) is 24.3 Å². The van der Waals surface area contributed by atoms with Crippen molar-refractivity contribution in [2.75, 3.05) is 6.61 Å². The number of aromatic nitrogens is 2. The third-order valence-corrected chi connectivity index (χ3v) is 2.76. The molecule has 0 aliphatic carbocycles. The second-order valence-corrected chi connectivity index (χ2v) is 4.17. The Morgan fingerprint density at radius 3 is 2.80 bits per heavy atom. The summed E-state index contributed by atoms with van der Waals surface area (Å²) in [5.41, 5.74) is 6.89. The minimum Gasteiger partial charge on any atom is -0.462 e. The van der Waals surface area contributed by atoms with Gasteiger partial charge in [-0.05, 0) is 18.6 Å². The first kappa shape index (κ1) is 13.8. The van der Waals surface area contributed by atoms with Gasteiger partial charge in [-0.25, -0.2) is 4.79 Å². The van der Waals surface area contributed by atoms with E-state index in [1.807, 2.05) is 6.07 Å². The summed E-state index contributed by atoms with van der Waals surface area (Å²) in [7, 11) is 0. The molecule has 1 amide bonds. The Balaban J connectivity index is 2.19. The Kier molecular flexibility index (Phi) is 4.14. The first-order valence-electron chi connectivity index (χ1n) is 6.19. The highest BCUT2D eigenvalue weighted by Gasteiger charge is 2.11. The number of hydrogen-bond donors (Lipinski definition) is 1. The van der Waals surface area contributed by atoms with E-state index in [9.17, 15) is 9.59 Å². The molecule has 0 unspecified atom stereocenters. The lowest BCUT2D eigenvalue weighted by Gasteiger charge is -2.06. The lowest BCUT2D eigenvalue weighted by molar-refractivity contribution is 0.0526. The molecule has 0 saturated heterocycles. The zero-order valence-electron chi connectivity index (χ0n) is 11.1. The van der Waals surface area contributed by atoms with Crippen molar-refractivity contribution in [2.45, 2.75) is 13.5 Å². The summed E-state index contributed by atoms with van der Waals surface area (Å²) in [6.45, 7) is 2.42. The Morgan fingerprint density at radius 2 is 2.10 bits per heavy atom. The number of carbonyl (C=O) groups is 2. The van der Waals surface area contributed by atoms with Crippen molar-refractivity contribution in [2.24, 2.45) is 5.73 Å². The summed E-state index contributed by atoms with van der Waals surface area (Å²) in [5.74, 6) is -0.902. The van der Waals surface area contributed by atoms with Gasteiger partial charge in [0.1, 0.15) is 0 Å². The number of rotatable bonds is 5. The van der Waals surface area contributed by atoms with Crippen molar-refractivity contribution in [3.05, 3.63) is 53.3 Å². The monoisotopic (exact) mass is 273 g/mol. The Morgan fingerprint density at radius 1 is 1.35 bits per heavy atom. The number of esters is 1. The second-order valence-electron chi connectivity index (χ2n) is 4.17. The van der Waals surface area contributed by atoms with Crippen LogP contribution in [0.25, 0.3) is 0 Å². The van der Waals surface area contributed by atoms with Crippen LogP contribution >= 0.6 is 0 Å². The smallest absolute Gasteiger partial charge is 0.341 e. The molecule has 1 aromatic heterocycles. The van der Waals surface area contributed by atoms with Gasteiger partial charge >= 0.3 is 5.97 Å². The Bertz CT molecular complexity index is 634. The van der Waals surface area contributed by atoms with Crippen molar-refractivity contribution in [1.82, 2.24) is 9.78 Å². The number of amides is 1. The average Bonchev–Trinajstić information content (AvgIpc) is 2.88. The summed E-state index contributed by atoms with van der Waals surface area (Å²) in [6, 6.07) is 7.02. The van der Waals surface area contributed by atoms with E-state index >= 15 is 0 Å². The normalized spacial score (nSPS) is 10.2. The Hall–Kier alpha value is -2.63. The molecule has 2 N–H and O–H groups in total. The van der Waals surface area contributed by atoms with Gasteiger partial charge in [0, 0.05) is 11.8 Å². The molecule has 2 rings (SSSR count). The molecule has 104 valence electrons. The van der Waals surface area contributed by atoms with Gasteiger partial charge in [0.15, 0.2) is 0 Å². The number of primary amides is 1. The summed E-state index contributed by atoms with van der Waals surface area (Å²) >= 11 is 0. The van der Waals surface area contributed by atoms with E-state index < -0.39 is 11.9 Å². The van der Waals surface area contributed by atoms with Gasteiger partial charge in [0.05, 0.1) is 24.9 Å². The van der Waals surface area contributed by atoms with Crippen LogP contribution in [0.5, 0.6) is 0 Å². The zero-order chi connectivity index (χ0) is 14.5. The second kappa shape index (κ2) is 6.01. The molecule has 0 aliphatic rings. The van der Waals surface area contributed by atoms with Crippen molar-refractivity contribution in [3.8, 4) is 0 Å². The van der Waals surface area contributed by atoms with Gasteiger partial charge in [-0.1, -0.05) is 18.2 Å². The third-order valence-electron chi connectivity index (χ3n) is 2.76. The van der Waals surface area contributed by atoms with Crippen LogP contribution in [0.1, 0.15) is 33.2 Å². The lowest BCUT2D eigenvalue weighted by atomic mass is 10.1. The molecule has 0 spiro atoms. The molecule has 0 saturated carbocycles. The van der Waals surface area contributed by atoms with Crippen LogP contribution in [-0.2, 0) is 11.3 Å². The van der Waals surface area contributed by atoms with Crippen LogP contribution in [0.4, 0.5) is 0 Å². The van der Waals surface area contributed by atoms with Crippen LogP contribution in [0, 0.1) is 0 Å². The maximum Gasteiger partial charge on any atom is 0.341 e. The standard InChI is InChI=1S/C14H15N3O3/c1-2-20-14(19)11-7-16-17(9-11)8-10-5-3-4-6-12(10)13(15)18/h3-7,9H,2,8H2,1H3,(H2,15,18). The van der Waals surface area contributed by atoms with Gasteiger partial charge in [0.25, 0.3) is 0 Å². The topological polar surface area (TPSA) is 87.2 Å². The minimum absolute atomic E-state index is 0.314. The fourth-order valence-corrected chi connectivity index (χ4v) is 1.84. The lowest BCUT2D eigenvalue weighted by Crippen LogP contribution is -2.15. The quantitative estimate of drug-likeness (QED) is 0.829. The number of ether oxygens (including phenoxy) is 1. The molecule has 1 aromatic carbocycles. The molecule has 1 heterocycles. The number of hydrogen-bond acceptors (Lipinski definition) is 4. The van der Waals surface area contributed by atoms with E-state index in [4.69, 9.17) is 10.5 Å². The van der Waals surface area contributed by atoms with E-state index in [-0.39, 0.29) is 0 Å². The predicted molar refractivity (Wildman–Crippen MR) is 72.2 cm³/mol. The summed E-state index contributed by atoms with van der Waals surface area (Å²) in [4.78, 5) is 22.9. The molecule has 0 bridgehead atoms. The van der Waals surface area contributed by atoms with Crippen LogP contribution in [0.2, 0.25) is 0 Å². The van der Waals surface area contributed by atoms with E-state index in [0.717, 1.165) is 5.56 Å². The maximum absolute atomic E-state index is 11.5. The van der Waals surface area contributed by atoms with Crippen LogP contribution in [0.15, 0.2) is 36.7 Å². The summed E-state index contributed by atoms with van der Waals surface area (Å²) < 4.78 is 6.45. The van der Waals surface area contributed by atoms with Crippen LogP contribution in [0.3, 0.4) is 0 Å². The summed E-state index contributed by atoms with van der Waals surface area (Å²) in [6.07, 6.45) is 3.01. The number of carbonyl (C=O) groups excluding carboxylic acids is 2. The average molecular weight is 273 g/mol. The largest absolute Gasteiger partial charge is 0.462 e. The van der Waals surface area contributed by atoms with Gasteiger partial charge in [-0.3, -0.25) is 9.48 Å². The van der Waals surface area contributed by atoms with Crippen LogP contribution in [-0.4, -0.2) is 28.3 Å². The molecule has 6 nitrogen and oxygen atoms in total. The molecule has 6 heteroatoms. The first-order chi connectivity index (χ1) is 9.61. The van der Waals surface area contributed by atoms with Gasteiger partial charge < -0.3 is 10.5 Å². The number of nitrogens with zero attached hydrogens (tertiary/aromatic N) is 2. The van der Waals surface area contributed by atoms with Gasteiger partial charge in [-0.2, -0.15) is 5.10 Å². The molecule has 20 heavy (non-hydrogen) atoms.